The number of aliphatic carboxylic acids is 1. The van der Waals surface area contributed by atoms with Gasteiger partial charge in [0.05, 0.1) is 18.8 Å². The molecule has 0 aromatic carbocycles. The summed E-state index contributed by atoms with van der Waals surface area (Å²) in [6, 6.07) is 1.32. The number of rotatable bonds is 7. The molecule has 0 fully saturated rings. The predicted octanol–water partition coefficient (Wildman–Crippen LogP) is -0.337. The number of carbonyl (C=O) groups excluding carboxylic acids is 1. The second-order valence-corrected chi connectivity index (χ2v) is 3.95. The lowest BCUT2D eigenvalue weighted by Gasteiger charge is -2.20. The van der Waals surface area contributed by atoms with E-state index in [4.69, 9.17) is 9.84 Å². The molecule has 0 atom stereocenters. The van der Waals surface area contributed by atoms with E-state index in [0.717, 1.165) is 0 Å². The highest BCUT2D eigenvalue weighted by molar-refractivity contribution is 5.80. The molecule has 0 saturated heterocycles. The SMILES string of the molecule is COCCN(CC(=O)O)C(=O)NCc1ccn(C)n1. The van der Waals surface area contributed by atoms with E-state index in [0.29, 0.717) is 5.69 Å². The molecule has 1 heterocycles. The number of methoxy groups -OCH3 is 1. The summed E-state index contributed by atoms with van der Waals surface area (Å²) in [4.78, 5) is 23.7. The summed E-state index contributed by atoms with van der Waals surface area (Å²) < 4.78 is 6.47. The van der Waals surface area contributed by atoms with Crippen LogP contribution >= 0.6 is 0 Å². The lowest BCUT2D eigenvalue weighted by atomic mass is 10.4. The van der Waals surface area contributed by atoms with Crippen LogP contribution in [0.1, 0.15) is 5.69 Å². The molecular weight excluding hydrogens is 252 g/mol. The lowest BCUT2D eigenvalue weighted by molar-refractivity contribution is -0.137. The number of nitrogens with zero attached hydrogens (tertiary/aromatic N) is 3. The number of hydrogen-bond donors (Lipinski definition) is 2. The Morgan fingerprint density at radius 2 is 2.32 bits per heavy atom. The van der Waals surface area contributed by atoms with Crippen molar-refractivity contribution in [2.45, 2.75) is 6.54 Å². The largest absolute Gasteiger partial charge is 0.480 e. The number of aryl methyl sites for hydroxylation is 1. The Morgan fingerprint density at radius 1 is 1.58 bits per heavy atom. The Balaban J connectivity index is 2.48. The highest BCUT2D eigenvalue weighted by Gasteiger charge is 2.16. The van der Waals surface area contributed by atoms with E-state index in [9.17, 15) is 9.59 Å². The zero-order valence-corrected chi connectivity index (χ0v) is 11.0. The van der Waals surface area contributed by atoms with Crippen LogP contribution in [0, 0.1) is 0 Å². The molecular formula is C11H18N4O4. The van der Waals surface area contributed by atoms with Crippen molar-refractivity contribution in [2.75, 3.05) is 26.8 Å². The third-order valence-electron chi connectivity index (χ3n) is 2.37. The number of amides is 2. The minimum absolute atomic E-state index is 0.219. The zero-order chi connectivity index (χ0) is 14.3. The highest BCUT2D eigenvalue weighted by Crippen LogP contribution is 1.96. The average Bonchev–Trinajstić information content (AvgIpc) is 2.77. The van der Waals surface area contributed by atoms with Crippen LogP contribution in [0.25, 0.3) is 0 Å². The highest BCUT2D eigenvalue weighted by atomic mass is 16.5. The Hall–Kier alpha value is -2.09. The van der Waals surface area contributed by atoms with Crippen molar-refractivity contribution in [2.24, 2.45) is 7.05 Å². The Morgan fingerprint density at radius 3 is 2.84 bits per heavy atom. The van der Waals surface area contributed by atoms with Crippen LogP contribution in [0.2, 0.25) is 0 Å². The van der Waals surface area contributed by atoms with Crippen molar-refractivity contribution < 1.29 is 19.4 Å². The minimum Gasteiger partial charge on any atom is -0.480 e. The van der Waals surface area contributed by atoms with Crippen LogP contribution in [0.5, 0.6) is 0 Å². The summed E-state index contributed by atoms with van der Waals surface area (Å²) >= 11 is 0. The van der Waals surface area contributed by atoms with Crippen molar-refractivity contribution in [1.29, 1.82) is 0 Å². The molecule has 8 heteroatoms. The van der Waals surface area contributed by atoms with Crippen LogP contribution in [-0.2, 0) is 23.1 Å². The third kappa shape index (κ3) is 5.38. The molecule has 0 saturated carbocycles. The molecule has 0 spiro atoms. The minimum atomic E-state index is -1.07. The molecule has 19 heavy (non-hydrogen) atoms. The van der Waals surface area contributed by atoms with Gasteiger partial charge in [0.25, 0.3) is 0 Å². The first-order chi connectivity index (χ1) is 9.02. The fourth-order valence-corrected chi connectivity index (χ4v) is 1.45. The first kappa shape index (κ1) is 15.0. The number of carbonyl (C=O) groups is 2. The lowest BCUT2D eigenvalue weighted by Crippen LogP contribution is -2.44. The maximum atomic E-state index is 11.8. The van der Waals surface area contributed by atoms with Gasteiger partial charge in [-0.3, -0.25) is 9.48 Å². The van der Waals surface area contributed by atoms with Crippen molar-refractivity contribution in [1.82, 2.24) is 20.0 Å². The van der Waals surface area contributed by atoms with Gasteiger partial charge in [0, 0.05) is 26.9 Å². The maximum absolute atomic E-state index is 11.8. The van der Waals surface area contributed by atoms with Crippen LogP contribution < -0.4 is 5.32 Å². The first-order valence-electron chi connectivity index (χ1n) is 5.75. The normalized spacial score (nSPS) is 10.2. The Labute approximate surface area is 110 Å². The van der Waals surface area contributed by atoms with Crippen molar-refractivity contribution in [3.63, 3.8) is 0 Å². The summed E-state index contributed by atoms with van der Waals surface area (Å²) in [5.41, 5.74) is 0.706. The molecule has 0 aliphatic carbocycles. The summed E-state index contributed by atoms with van der Waals surface area (Å²) in [5.74, 6) is -1.07. The predicted molar refractivity (Wildman–Crippen MR) is 66.5 cm³/mol. The molecule has 2 N–H and O–H groups in total. The number of aromatic nitrogens is 2. The number of urea groups is 1. The van der Waals surface area contributed by atoms with Gasteiger partial charge in [0.1, 0.15) is 6.54 Å². The van der Waals surface area contributed by atoms with E-state index in [-0.39, 0.29) is 26.2 Å². The van der Waals surface area contributed by atoms with Crippen LogP contribution in [0.4, 0.5) is 4.79 Å². The van der Waals surface area contributed by atoms with E-state index in [1.54, 1.807) is 24.0 Å². The monoisotopic (exact) mass is 270 g/mol. The van der Waals surface area contributed by atoms with E-state index >= 15 is 0 Å². The molecule has 0 radical (unpaired) electrons. The number of carboxylic acids is 1. The maximum Gasteiger partial charge on any atom is 0.323 e. The fraction of sp³-hybridized carbons (Fsp3) is 0.545. The molecule has 0 bridgehead atoms. The van der Waals surface area contributed by atoms with E-state index in [1.165, 1.54) is 12.0 Å². The molecule has 1 aromatic heterocycles. The molecule has 1 aromatic rings. The fourth-order valence-electron chi connectivity index (χ4n) is 1.45. The van der Waals surface area contributed by atoms with Gasteiger partial charge in [-0.25, -0.2) is 4.79 Å². The molecule has 8 nitrogen and oxygen atoms in total. The van der Waals surface area contributed by atoms with Gasteiger partial charge in [-0.2, -0.15) is 5.10 Å². The summed E-state index contributed by atoms with van der Waals surface area (Å²) in [6.45, 7) is 0.390. The molecule has 1 rings (SSSR count). The molecule has 0 aliphatic rings. The third-order valence-corrected chi connectivity index (χ3v) is 2.37. The van der Waals surface area contributed by atoms with Crippen molar-refractivity contribution in [3.05, 3.63) is 18.0 Å². The zero-order valence-electron chi connectivity index (χ0n) is 11.0. The van der Waals surface area contributed by atoms with Gasteiger partial charge in [-0.05, 0) is 6.07 Å². The molecule has 106 valence electrons. The van der Waals surface area contributed by atoms with Gasteiger partial charge in [-0.15, -0.1) is 0 Å². The van der Waals surface area contributed by atoms with Gasteiger partial charge >= 0.3 is 12.0 Å². The average molecular weight is 270 g/mol. The topological polar surface area (TPSA) is 96.7 Å². The number of ether oxygens (including phenoxy) is 1. The second kappa shape index (κ2) is 7.37. The van der Waals surface area contributed by atoms with Gasteiger partial charge < -0.3 is 20.1 Å². The summed E-state index contributed by atoms with van der Waals surface area (Å²) in [5, 5.41) is 15.5. The number of carboxylic acid groups (broad SMARTS) is 1. The van der Waals surface area contributed by atoms with Crippen LogP contribution in [-0.4, -0.2) is 58.6 Å². The number of hydrogen-bond acceptors (Lipinski definition) is 4. The summed E-state index contributed by atoms with van der Waals surface area (Å²) in [6.07, 6.45) is 1.77. The molecule has 0 unspecified atom stereocenters. The summed E-state index contributed by atoms with van der Waals surface area (Å²) in [7, 11) is 3.27. The van der Waals surface area contributed by atoms with Gasteiger partial charge in [0.15, 0.2) is 0 Å². The van der Waals surface area contributed by atoms with Gasteiger partial charge in [-0.1, -0.05) is 0 Å². The Kier molecular flexibility index (Phi) is 5.80. The van der Waals surface area contributed by atoms with Crippen molar-refractivity contribution in [3.8, 4) is 0 Å². The van der Waals surface area contributed by atoms with E-state index < -0.39 is 12.0 Å². The number of nitrogens with one attached hydrogen (secondary N) is 1. The quantitative estimate of drug-likeness (QED) is 0.706. The van der Waals surface area contributed by atoms with Crippen LogP contribution in [0.15, 0.2) is 12.3 Å². The van der Waals surface area contributed by atoms with E-state index in [1.807, 2.05) is 0 Å². The van der Waals surface area contributed by atoms with Crippen molar-refractivity contribution >= 4 is 12.0 Å². The Bertz CT molecular complexity index is 432. The van der Waals surface area contributed by atoms with Gasteiger partial charge in [0.2, 0.25) is 0 Å². The smallest absolute Gasteiger partial charge is 0.323 e. The molecule has 2 amide bonds. The molecule has 0 aliphatic heterocycles. The van der Waals surface area contributed by atoms with E-state index in [2.05, 4.69) is 10.4 Å². The van der Waals surface area contributed by atoms with Crippen LogP contribution in [0.3, 0.4) is 0 Å². The first-order valence-corrected chi connectivity index (χ1v) is 5.75. The standard InChI is InChI=1S/C11H18N4O4/c1-14-4-3-9(13-14)7-12-11(18)15(5-6-19-2)8-10(16)17/h3-4H,5-8H2,1-2H3,(H,12,18)(H,16,17). The second-order valence-electron chi connectivity index (χ2n) is 3.95.